The Balaban J connectivity index is 2.13. The van der Waals surface area contributed by atoms with E-state index in [9.17, 15) is 9.50 Å². The summed E-state index contributed by atoms with van der Waals surface area (Å²) in [5, 5.41) is 13.4. The molecule has 0 amide bonds. The third kappa shape index (κ3) is 3.28. The molecule has 0 fully saturated rings. The van der Waals surface area contributed by atoms with Gasteiger partial charge in [-0.2, -0.15) is 0 Å². The second-order valence-corrected chi connectivity index (χ2v) is 4.64. The Bertz CT molecular complexity index is 555. The van der Waals surface area contributed by atoms with Gasteiger partial charge in [0.25, 0.3) is 0 Å². The maximum absolute atomic E-state index is 13.1. The standard InChI is InChI=1S/C13H10Cl2FNO/c14-9-1-2-12(15)13(5-9)17-7-8-3-10(16)6-11(18)4-8/h1-6,17-18H,7H2. The van der Waals surface area contributed by atoms with Gasteiger partial charge < -0.3 is 10.4 Å². The molecule has 5 heteroatoms. The van der Waals surface area contributed by atoms with Crippen molar-refractivity contribution in [3.05, 3.63) is 57.8 Å². The average molecular weight is 286 g/mol. The highest BCUT2D eigenvalue weighted by atomic mass is 35.5. The van der Waals surface area contributed by atoms with Gasteiger partial charge in [-0.3, -0.25) is 0 Å². The molecule has 94 valence electrons. The van der Waals surface area contributed by atoms with E-state index in [0.717, 1.165) is 6.07 Å². The Morgan fingerprint density at radius 2 is 1.89 bits per heavy atom. The third-order valence-corrected chi connectivity index (χ3v) is 2.92. The summed E-state index contributed by atoms with van der Waals surface area (Å²) in [5.41, 5.74) is 1.27. The molecule has 0 aromatic heterocycles. The SMILES string of the molecule is Oc1cc(F)cc(CNc2cc(Cl)ccc2Cl)c1. The fourth-order valence-electron chi connectivity index (χ4n) is 1.57. The Morgan fingerprint density at radius 1 is 1.11 bits per heavy atom. The number of halogens is 3. The highest BCUT2D eigenvalue weighted by Crippen LogP contribution is 2.26. The molecule has 2 nitrogen and oxygen atoms in total. The minimum absolute atomic E-state index is 0.107. The number of phenols is 1. The number of benzene rings is 2. The van der Waals surface area contributed by atoms with E-state index in [4.69, 9.17) is 23.2 Å². The molecule has 0 aliphatic heterocycles. The van der Waals surface area contributed by atoms with Gasteiger partial charge in [0.05, 0.1) is 10.7 Å². The van der Waals surface area contributed by atoms with E-state index in [1.165, 1.54) is 12.1 Å². The molecular weight excluding hydrogens is 276 g/mol. The first-order valence-electron chi connectivity index (χ1n) is 5.22. The van der Waals surface area contributed by atoms with Gasteiger partial charge in [0.1, 0.15) is 11.6 Å². The molecule has 2 rings (SSSR count). The molecule has 2 aromatic rings. The van der Waals surface area contributed by atoms with Crippen LogP contribution in [0.2, 0.25) is 10.0 Å². The van der Waals surface area contributed by atoms with E-state index in [2.05, 4.69) is 5.32 Å². The maximum Gasteiger partial charge on any atom is 0.127 e. The summed E-state index contributed by atoms with van der Waals surface area (Å²) in [6.07, 6.45) is 0. The molecule has 0 spiro atoms. The zero-order chi connectivity index (χ0) is 13.1. The van der Waals surface area contributed by atoms with E-state index < -0.39 is 5.82 Å². The highest BCUT2D eigenvalue weighted by molar-refractivity contribution is 6.35. The fourth-order valence-corrected chi connectivity index (χ4v) is 1.92. The van der Waals surface area contributed by atoms with E-state index in [1.54, 1.807) is 18.2 Å². The summed E-state index contributed by atoms with van der Waals surface area (Å²) >= 11 is 11.8. The molecular formula is C13H10Cl2FNO. The maximum atomic E-state index is 13.1. The molecule has 2 aromatic carbocycles. The fraction of sp³-hybridized carbons (Fsp3) is 0.0769. The van der Waals surface area contributed by atoms with Crippen LogP contribution >= 0.6 is 23.2 Å². The lowest BCUT2D eigenvalue weighted by Gasteiger charge is -2.09. The number of phenolic OH excluding ortho intramolecular Hbond substituents is 1. The van der Waals surface area contributed by atoms with Gasteiger partial charge >= 0.3 is 0 Å². The summed E-state index contributed by atoms with van der Waals surface area (Å²) < 4.78 is 13.1. The van der Waals surface area contributed by atoms with Crippen LogP contribution in [0.5, 0.6) is 5.75 Å². The Morgan fingerprint density at radius 3 is 2.61 bits per heavy atom. The van der Waals surface area contributed by atoms with Crippen molar-refractivity contribution < 1.29 is 9.50 Å². The van der Waals surface area contributed by atoms with Gasteiger partial charge in [0, 0.05) is 17.6 Å². The predicted molar refractivity (Wildman–Crippen MR) is 71.9 cm³/mol. The van der Waals surface area contributed by atoms with Crippen molar-refractivity contribution in [2.45, 2.75) is 6.54 Å². The van der Waals surface area contributed by atoms with Gasteiger partial charge in [-0.25, -0.2) is 4.39 Å². The second-order valence-electron chi connectivity index (χ2n) is 3.80. The van der Waals surface area contributed by atoms with Gasteiger partial charge in [-0.15, -0.1) is 0 Å². The number of rotatable bonds is 3. The molecule has 18 heavy (non-hydrogen) atoms. The zero-order valence-electron chi connectivity index (χ0n) is 9.25. The second kappa shape index (κ2) is 5.46. The normalized spacial score (nSPS) is 10.4. The zero-order valence-corrected chi connectivity index (χ0v) is 10.8. The summed E-state index contributed by atoms with van der Waals surface area (Å²) in [4.78, 5) is 0. The molecule has 0 heterocycles. The lowest BCUT2D eigenvalue weighted by molar-refractivity contribution is 0.468. The first kappa shape index (κ1) is 13.0. The van der Waals surface area contributed by atoms with Crippen molar-refractivity contribution in [2.24, 2.45) is 0 Å². The van der Waals surface area contributed by atoms with Crippen LogP contribution in [-0.4, -0.2) is 5.11 Å². The van der Waals surface area contributed by atoms with Gasteiger partial charge in [-0.05, 0) is 35.9 Å². The molecule has 2 N–H and O–H groups in total. The van der Waals surface area contributed by atoms with Crippen LogP contribution in [-0.2, 0) is 6.54 Å². The average Bonchev–Trinajstić information content (AvgIpc) is 2.29. The van der Waals surface area contributed by atoms with Crippen LogP contribution in [0.25, 0.3) is 0 Å². The topological polar surface area (TPSA) is 32.3 Å². The van der Waals surface area contributed by atoms with Crippen LogP contribution in [0.15, 0.2) is 36.4 Å². The van der Waals surface area contributed by atoms with Crippen LogP contribution in [0.3, 0.4) is 0 Å². The van der Waals surface area contributed by atoms with Crippen molar-refractivity contribution in [3.63, 3.8) is 0 Å². The Labute approximate surface area is 114 Å². The molecule has 0 aliphatic carbocycles. The molecule has 0 aliphatic rings. The lowest BCUT2D eigenvalue weighted by atomic mass is 10.2. The van der Waals surface area contributed by atoms with E-state index in [0.29, 0.717) is 27.8 Å². The van der Waals surface area contributed by atoms with Crippen LogP contribution in [0, 0.1) is 5.82 Å². The number of hydrogen-bond acceptors (Lipinski definition) is 2. The van der Waals surface area contributed by atoms with Crippen LogP contribution < -0.4 is 5.32 Å². The van der Waals surface area contributed by atoms with Crippen molar-refractivity contribution in [3.8, 4) is 5.75 Å². The van der Waals surface area contributed by atoms with Crippen molar-refractivity contribution >= 4 is 28.9 Å². The van der Waals surface area contributed by atoms with Crippen molar-refractivity contribution in [1.82, 2.24) is 0 Å². The van der Waals surface area contributed by atoms with Crippen molar-refractivity contribution in [2.75, 3.05) is 5.32 Å². The van der Waals surface area contributed by atoms with Crippen LogP contribution in [0.1, 0.15) is 5.56 Å². The van der Waals surface area contributed by atoms with Gasteiger partial charge in [-0.1, -0.05) is 23.2 Å². The lowest BCUT2D eigenvalue weighted by Crippen LogP contribution is -2.00. The molecule has 0 saturated heterocycles. The first-order chi connectivity index (χ1) is 8.54. The Hall–Kier alpha value is -1.45. The molecule has 0 radical (unpaired) electrons. The summed E-state index contributed by atoms with van der Waals surface area (Å²) in [7, 11) is 0. The van der Waals surface area contributed by atoms with Crippen molar-refractivity contribution in [1.29, 1.82) is 0 Å². The molecule has 0 unspecified atom stereocenters. The summed E-state index contributed by atoms with van der Waals surface area (Å²) in [6, 6.07) is 8.91. The summed E-state index contributed by atoms with van der Waals surface area (Å²) in [6.45, 7) is 0.339. The smallest absolute Gasteiger partial charge is 0.127 e. The van der Waals surface area contributed by atoms with Gasteiger partial charge in [0.15, 0.2) is 0 Å². The number of anilines is 1. The Kier molecular flexibility index (Phi) is 3.94. The van der Waals surface area contributed by atoms with E-state index in [-0.39, 0.29) is 5.75 Å². The predicted octanol–water partition coefficient (Wildman–Crippen LogP) is 4.45. The third-order valence-electron chi connectivity index (χ3n) is 2.35. The number of aromatic hydroxyl groups is 1. The first-order valence-corrected chi connectivity index (χ1v) is 5.97. The molecule has 0 atom stereocenters. The minimum atomic E-state index is -0.482. The largest absolute Gasteiger partial charge is 0.508 e. The summed E-state index contributed by atoms with van der Waals surface area (Å²) in [5.74, 6) is -0.590. The monoisotopic (exact) mass is 285 g/mol. The van der Waals surface area contributed by atoms with E-state index in [1.807, 2.05) is 0 Å². The number of hydrogen-bond donors (Lipinski definition) is 2. The molecule has 0 saturated carbocycles. The van der Waals surface area contributed by atoms with E-state index >= 15 is 0 Å². The number of nitrogens with one attached hydrogen (secondary N) is 1. The molecule has 0 bridgehead atoms. The van der Waals surface area contributed by atoms with Gasteiger partial charge in [0.2, 0.25) is 0 Å². The minimum Gasteiger partial charge on any atom is -0.508 e. The highest BCUT2D eigenvalue weighted by Gasteiger charge is 2.03. The van der Waals surface area contributed by atoms with Crippen LogP contribution in [0.4, 0.5) is 10.1 Å². The quantitative estimate of drug-likeness (QED) is 0.873.